The van der Waals surface area contributed by atoms with Gasteiger partial charge in [-0.2, -0.15) is 5.10 Å². The molecule has 2 N–H and O–H groups in total. The highest BCUT2D eigenvalue weighted by atomic mass is 35.5. The molecule has 7 heteroatoms. The molecule has 0 unspecified atom stereocenters. The third-order valence-corrected chi connectivity index (χ3v) is 5.53. The van der Waals surface area contributed by atoms with Crippen molar-refractivity contribution in [2.75, 3.05) is 0 Å². The van der Waals surface area contributed by atoms with Crippen LogP contribution < -0.4 is 5.14 Å². The number of hydrogen-bond acceptors (Lipinski definition) is 3. The van der Waals surface area contributed by atoms with Gasteiger partial charge in [0.15, 0.2) is 0 Å². The monoisotopic (exact) mass is 409 g/mol. The molecule has 5 nitrogen and oxygen atoms in total. The van der Waals surface area contributed by atoms with Crippen LogP contribution in [0.3, 0.4) is 0 Å². The number of rotatable bonds is 4. The number of para-hydroxylation sites is 1. The van der Waals surface area contributed by atoms with E-state index in [1.165, 1.54) is 6.07 Å². The summed E-state index contributed by atoms with van der Waals surface area (Å²) >= 11 is 6.02. The normalized spacial score (nSPS) is 11.5. The van der Waals surface area contributed by atoms with Crippen molar-refractivity contribution in [3.05, 3.63) is 90.0 Å². The first-order valence-electron chi connectivity index (χ1n) is 8.47. The second-order valence-electron chi connectivity index (χ2n) is 6.21. The highest BCUT2D eigenvalue weighted by molar-refractivity contribution is 7.89. The van der Waals surface area contributed by atoms with Crippen LogP contribution in [0.5, 0.6) is 0 Å². The molecular weight excluding hydrogens is 394 g/mol. The zero-order valence-corrected chi connectivity index (χ0v) is 16.2. The SMILES string of the molecule is NS(=O)(=O)c1ccccc1-n1nc(-c2ccccc2)cc1-c1ccc(Cl)cc1. The second-order valence-corrected chi connectivity index (χ2v) is 8.18. The molecule has 0 amide bonds. The average molecular weight is 410 g/mol. The van der Waals surface area contributed by atoms with Gasteiger partial charge in [0, 0.05) is 16.1 Å². The molecule has 0 saturated carbocycles. The Morgan fingerprint density at radius 1 is 0.821 bits per heavy atom. The molecule has 28 heavy (non-hydrogen) atoms. The number of sulfonamides is 1. The molecule has 140 valence electrons. The van der Waals surface area contributed by atoms with Crippen molar-refractivity contribution in [2.45, 2.75) is 4.90 Å². The number of nitrogens with zero attached hydrogens (tertiary/aromatic N) is 2. The lowest BCUT2D eigenvalue weighted by molar-refractivity contribution is 0.596. The van der Waals surface area contributed by atoms with Gasteiger partial charge in [0.25, 0.3) is 0 Å². The summed E-state index contributed by atoms with van der Waals surface area (Å²) in [4.78, 5) is 0.00734. The predicted molar refractivity (Wildman–Crippen MR) is 111 cm³/mol. The lowest BCUT2D eigenvalue weighted by atomic mass is 10.1. The molecule has 0 saturated heterocycles. The molecule has 0 aliphatic heterocycles. The third kappa shape index (κ3) is 3.57. The minimum atomic E-state index is -3.92. The molecule has 0 radical (unpaired) electrons. The largest absolute Gasteiger partial charge is 0.240 e. The minimum absolute atomic E-state index is 0.00734. The molecule has 4 aromatic rings. The van der Waals surface area contributed by atoms with Crippen LogP contribution in [0.25, 0.3) is 28.2 Å². The van der Waals surface area contributed by atoms with Crippen molar-refractivity contribution in [3.63, 3.8) is 0 Å². The summed E-state index contributed by atoms with van der Waals surface area (Å²) in [6, 6.07) is 25.4. The Labute approximate surface area is 168 Å². The molecule has 3 aromatic carbocycles. The maximum absolute atomic E-state index is 12.1. The van der Waals surface area contributed by atoms with E-state index in [2.05, 4.69) is 5.10 Å². The van der Waals surface area contributed by atoms with Gasteiger partial charge in [-0.3, -0.25) is 0 Å². The molecular formula is C21H16ClN3O2S. The van der Waals surface area contributed by atoms with Gasteiger partial charge in [0.1, 0.15) is 4.90 Å². The van der Waals surface area contributed by atoms with Gasteiger partial charge < -0.3 is 0 Å². The van der Waals surface area contributed by atoms with Crippen molar-refractivity contribution >= 4 is 21.6 Å². The predicted octanol–water partition coefficient (Wildman–Crippen LogP) is 4.51. The van der Waals surface area contributed by atoms with E-state index < -0.39 is 10.0 Å². The Morgan fingerprint density at radius 2 is 1.46 bits per heavy atom. The molecule has 4 rings (SSSR count). The summed E-state index contributed by atoms with van der Waals surface area (Å²) in [5.74, 6) is 0. The lowest BCUT2D eigenvalue weighted by Gasteiger charge is -2.11. The molecule has 0 fully saturated rings. The zero-order chi connectivity index (χ0) is 19.7. The molecule has 1 aromatic heterocycles. The quantitative estimate of drug-likeness (QED) is 0.538. The van der Waals surface area contributed by atoms with E-state index in [-0.39, 0.29) is 4.90 Å². The molecule has 1 heterocycles. The maximum atomic E-state index is 12.1. The molecule has 0 spiro atoms. The highest BCUT2D eigenvalue weighted by Gasteiger charge is 2.19. The van der Waals surface area contributed by atoms with Gasteiger partial charge in [0.05, 0.1) is 17.1 Å². The van der Waals surface area contributed by atoms with Crippen LogP contribution in [0, 0.1) is 0 Å². The highest BCUT2D eigenvalue weighted by Crippen LogP contribution is 2.31. The number of primary sulfonamides is 1. The summed E-state index contributed by atoms with van der Waals surface area (Å²) in [5.41, 5.74) is 3.60. The molecule has 0 bridgehead atoms. The van der Waals surface area contributed by atoms with Crippen LogP contribution in [0.2, 0.25) is 5.02 Å². The van der Waals surface area contributed by atoms with E-state index in [0.717, 1.165) is 22.5 Å². The summed E-state index contributed by atoms with van der Waals surface area (Å²) in [7, 11) is -3.92. The summed E-state index contributed by atoms with van der Waals surface area (Å²) in [5, 5.41) is 10.7. The number of hydrogen-bond donors (Lipinski definition) is 1. The fourth-order valence-corrected chi connectivity index (χ4v) is 3.85. The maximum Gasteiger partial charge on any atom is 0.240 e. The van der Waals surface area contributed by atoms with Gasteiger partial charge in [0.2, 0.25) is 10.0 Å². The standard InChI is InChI=1S/C21H16ClN3O2S/c22-17-12-10-16(11-13-17)20-14-18(15-6-2-1-3-7-15)24-25(20)19-8-4-5-9-21(19)28(23,26)27/h1-14H,(H2,23,26,27). The minimum Gasteiger partial charge on any atom is -0.231 e. The van der Waals surface area contributed by atoms with Crippen molar-refractivity contribution < 1.29 is 8.42 Å². The number of halogens is 1. The van der Waals surface area contributed by atoms with Gasteiger partial charge in [-0.1, -0.05) is 66.2 Å². The van der Waals surface area contributed by atoms with Gasteiger partial charge in [-0.25, -0.2) is 18.2 Å². The Kier molecular flexibility index (Phi) is 4.77. The van der Waals surface area contributed by atoms with Crippen LogP contribution >= 0.6 is 11.6 Å². The molecule has 0 atom stereocenters. The van der Waals surface area contributed by atoms with Crippen LogP contribution in [-0.2, 0) is 10.0 Å². The van der Waals surface area contributed by atoms with Crippen molar-refractivity contribution in [1.82, 2.24) is 9.78 Å². The number of nitrogens with two attached hydrogens (primary N) is 1. The van der Waals surface area contributed by atoms with Gasteiger partial charge in [-0.05, 0) is 30.3 Å². The average Bonchev–Trinajstić information content (AvgIpc) is 3.14. The van der Waals surface area contributed by atoms with Gasteiger partial charge in [-0.15, -0.1) is 0 Å². The summed E-state index contributed by atoms with van der Waals surface area (Å²) in [6.45, 7) is 0. The fraction of sp³-hybridized carbons (Fsp3) is 0. The van der Waals surface area contributed by atoms with Crippen molar-refractivity contribution in [1.29, 1.82) is 0 Å². The smallest absolute Gasteiger partial charge is 0.231 e. The van der Waals surface area contributed by atoms with Crippen molar-refractivity contribution in [3.8, 4) is 28.2 Å². The third-order valence-electron chi connectivity index (χ3n) is 4.32. The van der Waals surface area contributed by atoms with E-state index >= 15 is 0 Å². The topological polar surface area (TPSA) is 78.0 Å². The van der Waals surface area contributed by atoms with Crippen LogP contribution in [0.15, 0.2) is 89.8 Å². The van der Waals surface area contributed by atoms with E-state index in [4.69, 9.17) is 16.7 Å². The van der Waals surface area contributed by atoms with Crippen LogP contribution in [0.4, 0.5) is 0 Å². The van der Waals surface area contributed by atoms with E-state index in [1.807, 2.05) is 48.5 Å². The van der Waals surface area contributed by atoms with Gasteiger partial charge >= 0.3 is 0 Å². The Morgan fingerprint density at radius 3 is 2.14 bits per heavy atom. The van der Waals surface area contributed by atoms with Crippen LogP contribution in [0.1, 0.15) is 0 Å². The number of benzene rings is 3. The fourth-order valence-electron chi connectivity index (χ4n) is 3.01. The Hall–Kier alpha value is -2.93. The number of aromatic nitrogens is 2. The van der Waals surface area contributed by atoms with Crippen molar-refractivity contribution in [2.24, 2.45) is 5.14 Å². The Bertz CT molecular complexity index is 1230. The molecule has 0 aliphatic rings. The first-order chi connectivity index (χ1) is 13.4. The first-order valence-corrected chi connectivity index (χ1v) is 10.4. The second kappa shape index (κ2) is 7.24. The molecule has 0 aliphatic carbocycles. The zero-order valence-electron chi connectivity index (χ0n) is 14.7. The van der Waals surface area contributed by atoms with E-state index in [1.54, 1.807) is 35.0 Å². The summed E-state index contributed by atoms with van der Waals surface area (Å²) in [6.07, 6.45) is 0. The first kappa shape index (κ1) is 18.4. The lowest BCUT2D eigenvalue weighted by Crippen LogP contribution is -2.16. The summed E-state index contributed by atoms with van der Waals surface area (Å²) < 4.78 is 25.8. The van der Waals surface area contributed by atoms with Crippen LogP contribution in [-0.4, -0.2) is 18.2 Å². The van der Waals surface area contributed by atoms with E-state index in [0.29, 0.717) is 10.7 Å². The Balaban J connectivity index is 1.99. The van der Waals surface area contributed by atoms with E-state index in [9.17, 15) is 8.42 Å².